The maximum Gasteiger partial charge on any atom is 0.152 e. The van der Waals surface area contributed by atoms with Crippen LogP contribution >= 0.6 is 11.6 Å². The van der Waals surface area contributed by atoms with Crippen molar-refractivity contribution in [3.63, 3.8) is 0 Å². The molecule has 0 amide bonds. The third kappa shape index (κ3) is 6.20. The average Bonchev–Trinajstić information content (AvgIpc) is 3.63. The predicted molar refractivity (Wildman–Crippen MR) is 152 cm³/mol. The lowest BCUT2D eigenvalue weighted by Gasteiger charge is -2.38. The molecule has 202 valence electrons. The van der Waals surface area contributed by atoms with E-state index in [1.165, 1.54) is 17.5 Å². The molecule has 1 aliphatic carbocycles. The van der Waals surface area contributed by atoms with E-state index in [0.717, 1.165) is 24.1 Å². The summed E-state index contributed by atoms with van der Waals surface area (Å²) >= 11 is 5.93. The molecule has 0 bridgehead atoms. The van der Waals surface area contributed by atoms with Gasteiger partial charge in [-0.05, 0) is 53.5 Å². The number of halogens is 1. The van der Waals surface area contributed by atoms with Crippen LogP contribution in [0.2, 0.25) is 5.15 Å². The maximum atomic E-state index is 12.9. The Morgan fingerprint density at radius 1 is 1.05 bits per heavy atom. The van der Waals surface area contributed by atoms with Crippen molar-refractivity contribution in [2.24, 2.45) is 5.92 Å². The van der Waals surface area contributed by atoms with Crippen LogP contribution in [-0.4, -0.2) is 47.1 Å². The van der Waals surface area contributed by atoms with Gasteiger partial charge in [0.1, 0.15) is 17.3 Å². The Balaban J connectivity index is 1.29. The fraction of sp³-hybridized carbons (Fsp3) is 0.448. The van der Waals surface area contributed by atoms with E-state index in [-0.39, 0.29) is 28.4 Å². The minimum absolute atomic E-state index is 0.0156. The largest absolute Gasteiger partial charge is 0.391 e. The van der Waals surface area contributed by atoms with Crippen molar-refractivity contribution in [2.75, 3.05) is 16.8 Å². The van der Waals surface area contributed by atoms with Gasteiger partial charge in [-0.1, -0.05) is 68.8 Å². The summed E-state index contributed by atoms with van der Waals surface area (Å²) in [5.41, 5.74) is 3.96. The number of aliphatic hydroxyl groups is 1. The third-order valence-corrected chi connectivity index (χ3v) is 9.66. The van der Waals surface area contributed by atoms with Crippen LogP contribution in [0.4, 0.5) is 11.5 Å². The smallest absolute Gasteiger partial charge is 0.152 e. The number of hydrogen-bond donors (Lipinski definition) is 3. The number of rotatable bonds is 7. The Kier molecular flexibility index (Phi) is 7.28. The van der Waals surface area contributed by atoms with Crippen molar-refractivity contribution >= 4 is 32.9 Å². The summed E-state index contributed by atoms with van der Waals surface area (Å²) in [6.45, 7) is 6.57. The predicted octanol–water partition coefficient (Wildman–Crippen LogP) is 4.77. The van der Waals surface area contributed by atoms with Crippen LogP contribution < -0.4 is 10.6 Å². The first kappa shape index (κ1) is 27.1. The molecular weight excluding hydrogens is 520 g/mol. The number of nitrogens with one attached hydrogen (secondary N) is 2. The number of aliphatic hydroxyl groups excluding tert-OH is 1. The Bertz CT molecular complexity index is 1400. The van der Waals surface area contributed by atoms with Crippen molar-refractivity contribution in [3.05, 3.63) is 82.8 Å². The SMILES string of the molecule is CC(C)(C)c1cccc(C2(N[C@H]3CS(=O)(=O)C[C@@H](Cc4ccc(Nc5cc(Cl)ncn5)cc4)[C@@H]3O)CC2)c1. The van der Waals surface area contributed by atoms with Gasteiger partial charge in [-0.3, -0.25) is 0 Å². The fourth-order valence-corrected chi connectivity index (χ4v) is 7.43. The summed E-state index contributed by atoms with van der Waals surface area (Å²) in [4.78, 5) is 8.02. The Morgan fingerprint density at radius 3 is 2.45 bits per heavy atom. The first-order valence-corrected chi connectivity index (χ1v) is 15.2. The lowest BCUT2D eigenvalue weighted by atomic mass is 9.85. The standard InChI is InChI=1S/C29H35ClN4O3S/c1-28(2,3)21-5-4-6-22(14-21)29(11-12-29)34-24-17-38(36,37)16-20(27(24)35)13-19-7-9-23(10-8-19)33-26-15-25(30)31-18-32-26/h4-10,14-15,18,20,24,27,34-35H,11-13,16-17H2,1-3H3,(H,31,32,33)/t20-,24+,27+/m1/s1. The molecule has 3 aromatic rings. The molecule has 1 saturated heterocycles. The molecule has 5 rings (SSSR count). The van der Waals surface area contributed by atoms with E-state index in [1.54, 1.807) is 6.07 Å². The number of benzene rings is 2. The van der Waals surface area contributed by atoms with Crippen molar-refractivity contribution < 1.29 is 13.5 Å². The highest BCUT2D eigenvalue weighted by Crippen LogP contribution is 2.47. The summed E-state index contributed by atoms with van der Waals surface area (Å²) in [6.07, 6.45) is 2.97. The quantitative estimate of drug-likeness (QED) is 0.361. The summed E-state index contributed by atoms with van der Waals surface area (Å²) in [6, 6.07) is 17.4. The van der Waals surface area contributed by atoms with E-state index in [0.29, 0.717) is 17.4 Å². The van der Waals surface area contributed by atoms with E-state index >= 15 is 0 Å². The zero-order valence-corrected chi connectivity index (χ0v) is 23.6. The first-order chi connectivity index (χ1) is 17.9. The highest BCUT2D eigenvalue weighted by Gasteiger charge is 2.49. The van der Waals surface area contributed by atoms with Gasteiger partial charge in [0.25, 0.3) is 0 Å². The van der Waals surface area contributed by atoms with Crippen LogP contribution in [0.15, 0.2) is 60.9 Å². The molecule has 1 aromatic heterocycles. The molecule has 1 saturated carbocycles. The number of anilines is 2. The average molecular weight is 555 g/mol. The monoisotopic (exact) mass is 554 g/mol. The van der Waals surface area contributed by atoms with Crippen LogP contribution in [0, 0.1) is 5.92 Å². The third-order valence-electron chi connectivity index (χ3n) is 7.65. The van der Waals surface area contributed by atoms with E-state index in [9.17, 15) is 13.5 Å². The zero-order valence-electron chi connectivity index (χ0n) is 22.0. The van der Waals surface area contributed by atoms with Crippen LogP contribution in [0.25, 0.3) is 0 Å². The molecule has 2 heterocycles. The van der Waals surface area contributed by atoms with Gasteiger partial charge in [-0.25, -0.2) is 18.4 Å². The maximum absolute atomic E-state index is 12.9. The normalized spacial score (nSPS) is 24.1. The van der Waals surface area contributed by atoms with E-state index < -0.39 is 22.0 Å². The molecule has 38 heavy (non-hydrogen) atoms. The van der Waals surface area contributed by atoms with Crippen LogP contribution in [0.3, 0.4) is 0 Å². The van der Waals surface area contributed by atoms with Gasteiger partial charge >= 0.3 is 0 Å². The van der Waals surface area contributed by atoms with Crippen LogP contribution in [0.5, 0.6) is 0 Å². The lowest BCUT2D eigenvalue weighted by Crippen LogP contribution is -2.57. The Hall–Kier alpha value is -2.52. The van der Waals surface area contributed by atoms with Gasteiger partial charge in [0, 0.05) is 29.3 Å². The van der Waals surface area contributed by atoms with Crippen molar-refractivity contribution in [2.45, 2.75) is 63.1 Å². The lowest BCUT2D eigenvalue weighted by molar-refractivity contribution is 0.0720. The summed E-state index contributed by atoms with van der Waals surface area (Å²) < 4.78 is 25.9. The Morgan fingerprint density at radius 2 is 1.79 bits per heavy atom. The van der Waals surface area contributed by atoms with Gasteiger partial charge in [-0.2, -0.15) is 0 Å². The van der Waals surface area contributed by atoms with Gasteiger partial charge in [0.2, 0.25) is 0 Å². The second kappa shape index (κ2) is 10.2. The number of hydrogen-bond acceptors (Lipinski definition) is 7. The molecule has 0 unspecified atom stereocenters. The molecule has 0 radical (unpaired) electrons. The summed E-state index contributed by atoms with van der Waals surface area (Å²) in [7, 11) is -3.31. The highest BCUT2D eigenvalue weighted by molar-refractivity contribution is 7.91. The van der Waals surface area contributed by atoms with Crippen molar-refractivity contribution in [1.29, 1.82) is 0 Å². The molecular formula is C29H35ClN4O3S. The van der Waals surface area contributed by atoms with Gasteiger partial charge < -0.3 is 15.7 Å². The van der Waals surface area contributed by atoms with E-state index in [4.69, 9.17) is 11.6 Å². The van der Waals surface area contributed by atoms with Gasteiger partial charge in [0.15, 0.2) is 9.84 Å². The molecule has 7 nitrogen and oxygen atoms in total. The van der Waals surface area contributed by atoms with Crippen LogP contribution in [0.1, 0.15) is 50.3 Å². The van der Waals surface area contributed by atoms with E-state index in [1.807, 2.05) is 24.3 Å². The fourth-order valence-electron chi connectivity index (χ4n) is 5.36. The summed E-state index contributed by atoms with van der Waals surface area (Å²) in [5, 5.41) is 18.5. The highest BCUT2D eigenvalue weighted by atomic mass is 35.5. The summed E-state index contributed by atoms with van der Waals surface area (Å²) in [5.74, 6) is 0.138. The first-order valence-electron chi connectivity index (χ1n) is 13.0. The van der Waals surface area contributed by atoms with Crippen LogP contribution in [-0.2, 0) is 27.2 Å². The van der Waals surface area contributed by atoms with Crippen molar-refractivity contribution in [1.82, 2.24) is 15.3 Å². The van der Waals surface area contributed by atoms with Gasteiger partial charge in [0.05, 0.1) is 17.6 Å². The minimum Gasteiger partial charge on any atom is -0.391 e. The number of nitrogens with zero attached hydrogens (tertiary/aromatic N) is 2. The number of aromatic nitrogens is 2. The van der Waals surface area contributed by atoms with Crippen molar-refractivity contribution in [3.8, 4) is 0 Å². The van der Waals surface area contributed by atoms with E-state index in [2.05, 4.69) is 65.6 Å². The second-order valence-electron chi connectivity index (χ2n) is 11.7. The molecule has 3 N–H and O–H groups in total. The molecule has 0 spiro atoms. The Labute approximate surface area is 230 Å². The second-order valence-corrected chi connectivity index (χ2v) is 14.3. The molecule has 2 aromatic carbocycles. The molecule has 2 aliphatic rings. The molecule has 9 heteroatoms. The zero-order chi connectivity index (χ0) is 27.1. The number of sulfone groups is 1. The van der Waals surface area contributed by atoms with Gasteiger partial charge in [-0.15, -0.1) is 0 Å². The molecule has 2 fully saturated rings. The minimum atomic E-state index is -3.31. The topological polar surface area (TPSA) is 104 Å². The molecule has 1 aliphatic heterocycles. The molecule has 3 atom stereocenters.